The van der Waals surface area contributed by atoms with Gasteiger partial charge in [-0.1, -0.05) is 0 Å². The zero-order valence-corrected chi connectivity index (χ0v) is 22.4. The predicted octanol–water partition coefficient (Wildman–Crippen LogP) is 3.92. The van der Waals surface area contributed by atoms with Crippen LogP contribution in [0.5, 0.6) is 17.2 Å². The molecule has 0 atom stereocenters. The van der Waals surface area contributed by atoms with Crippen LogP contribution < -0.4 is 23.8 Å². The maximum atomic E-state index is 13.9. The number of rotatable bonds is 9. The minimum Gasteiger partial charge on any atom is -0.493 e. The topological polar surface area (TPSA) is 108 Å². The number of benzene rings is 2. The summed E-state index contributed by atoms with van der Waals surface area (Å²) < 4.78 is 52.4. The molecular formula is C25H33N3O7S. The van der Waals surface area contributed by atoms with E-state index >= 15 is 0 Å². The lowest BCUT2D eigenvalue weighted by atomic mass is 10.2. The zero-order chi connectivity index (χ0) is 26.7. The van der Waals surface area contributed by atoms with E-state index in [1.807, 2.05) is 29.9 Å². The van der Waals surface area contributed by atoms with Gasteiger partial charge in [0.05, 0.1) is 38.5 Å². The lowest BCUT2D eigenvalue weighted by molar-refractivity contribution is 0.0529. The van der Waals surface area contributed by atoms with Gasteiger partial charge >= 0.3 is 6.09 Å². The van der Waals surface area contributed by atoms with Crippen LogP contribution in [-0.4, -0.2) is 59.1 Å². The second kappa shape index (κ2) is 10.6. The lowest BCUT2D eigenvalue weighted by Crippen LogP contribution is -2.40. The van der Waals surface area contributed by atoms with Gasteiger partial charge in [0.15, 0.2) is 11.5 Å². The van der Waals surface area contributed by atoms with Crippen molar-refractivity contribution in [2.24, 2.45) is 7.05 Å². The van der Waals surface area contributed by atoms with Crippen LogP contribution in [0, 0.1) is 0 Å². The van der Waals surface area contributed by atoms with Crippen molar-refractivity contribution >= 4 is 32.7 Å². The number of methoxy groups -OCH3 is 3. The molecule has 0 saturated heterocycles. The number of aryl methyl sites for hydroxylation is 1. The van der Waals surface area contributed by atoms with Crippen LogP contribution in [0.15, 0.2) is 47.5 Å². The molecule has 0 radical (unpaired) electrons. The Labute approximate surface area is 211 Å². The molecule has 36 heavy (non-hydrogen) atoms. The average molecular weight is 520 g/mol. The molecule has 2 aromatic carbocycles. The number of carbonyl (C=O) groups excluding carboxylic acids is 1. The quantitative estimate of drug-likeness (QED) is 0.456. The Balaban J connectivity index is 2.03. The SMILES string of the molecule is COc1cc(S(=O)(=O)N(CCNC(=O)OC(C)(C)C)c2ccc3c(ccn3C)c2)cc(OC)c1OC. The Bertz CT molecular complexity index is 1320. The van der Waals surface area contributed by atoms with Crippen molar-refractivity contribution in [2.45, 2.75) is 31.3 Å². The fourth-order valence-electron chi connectivity index (χ4n) is 3.72. The van der Waals surface area contributed by atoms with Crippen LogP contribution >= 0.6 is 0 Å². The molecular weight excluding hydrogens is 486 g/mol. The molecule has 0 saturated carbocycles. The summed E-state index contributed by atoms with van der Waals surface area (Å²) >= 11 is 0. The number of alkyl carbamates (subject to hydrolysis) is 1. The first-order valence-electron chi connectivity index (χ1n) is 11.3. The van der Waals surface area contributed by atoms with E-state index in [0.717, 1.165) is 10.9 Å². The molecule has 1 amide bonds. The summed E-state index contributed by atoms with van der Waals surface area (Å²) in [6.07, 6.45) is 1.27. The molecule has 11 heteroatoms. The molecule has 1 heterocycles. The molecule has 196 valence electrons. The monoisotopic (exact) mass is 519 g/mol. The first-order valence-corrected chi connectivity index (χ1v) is 12.7. The van der Waals surface area contributed by atoms with Gasteiger partial charge in [-0.25, -0.2) is 13.2 Å². The number of hydrogen-bond donors (Lipinski definition) is 1. The number of aromatic nitrogens is 1. The summed E-state index contributed by atoms with van der Waals surface area (Å²) in [6, 6.07) is 10.0. The largest absolute Gasteiger partial charge is 0.493 e. The zero-order valence-electron chi connectivity index (χ0n) is 21.6. The number of ether oxygens (including phenoxy) is 4. The van der Waals surface area contributed by atoms with E-state index in [0.29, 0.717) is 5.69 Å². The Morgan fingerprint density at radius 2 is 1.64 bits per heavy atom. The van der Waals surface area contributed by atoms with Gasteiger partial charge in [0.25, 0.3) is 10.0 Å². The van der Waals surface area contributed by atoms with Gasteiger partial charge in [0, 0.05) is 42.8 Å². The number of nitrogens with one attached hydrogen (secondary N) is 1. The Kier molecular flexibility index (Phi) is 7.92. The first kappa shape index (κ1) is 27.0. The van der Waals surface area contributed by atoms with E-state index in [1.165, 1.54) is 37.8 Å². The van der Waals surface area contributed by atoms with E-state index in [9.17, 15) is 13.2 Å². The molecule has 0 aliphatic heterocycles. The van der Waals surface area contributed by atoms with Crippen molar-refractivity contribution in [1.82, 2.24) is 9.88 Å². The highest BCUT2D eigenvalue weighted by atomic mass is 32.2. The number of amides is 1. The number of fused-ring (bicyclic) bond motifs is 1. The second-order valence-corrected chi connectivity index (χ2v) is 10.9. The Morgan fingerprint density at radius 3 is 2.19 bits per heavy atom. The molecule has 0 bridgehead atoms. The van der Waals surface area contributed by atoms with Gasteiger partial charge < -0.3 is 28.8 Å². The van der Waals surface area contributed by atoms with Gasteiger partial charge in [-0.15, -0.1) is 0 Å². The fraction of sp³-hybridized carbons (Fsp3) is 0.400. The van der Waals surface area contributed by atoms with E-state index in [2.05, 4.69) is 5.32 Å². The lowest BCUT2D eigenvalue weighted by Gasteiger charge is -2.26. The number of nitrogens with zero attached hydrogens (tertiary/aromatic N) is 2. The highest BCUT2D eigenvalue weighted by Crippen LogP contribution is 2.40. The fourth-order valence-corrected chi connectivity index (χ4v) is 5.21. The van der Waals surface area contributed by atoms with Crippen molar-refractivity contribution < 1.29 is 32.2 Å². The van der Waals surface area contributed by atoms with Crippen molar-refractivity contribution in [3.63, 3.8) is 0 Å². The summed E-state index contributed by atoms with van der Waals surface area (Å²) in [5, 5.41) is 3.50. The summed E-state index contributed by atoms with van der Waals surface area (Å²) in [5.74, 6) is 0.698. The molecule has 1 N–H and O–H groups in total. The van der Waals surface area contributed by atoms with Crippen LogP contribution in [-0.2, 0) is 21.8 Å². The molecule has 0 aliphatic carbocycles. The summed E-state index contributed by atoms with van der Waals surface area (Å²) in [5.41, 5.74) is 0.717. The number of sulfonamides is 1. The molecule has 1 aromatic heterocycles. The summed E-state index contributed by atoms with van der Waals surface area (Å²) in [7, 11) is 2.07. The standard InChI is InChI=1S/C25H33N3O7S/c1-25(2,3)35-24(29)26-11-13-28(18-8-9-20-17(14-18)10-12-27(20)4)36(30,31)19-15-21(32-5)23(34-7)22(16-19)33-6/h8-10,12,14-16H,11,13H2,1-7H3,(H,26,29). The van der Waals surface area contributed by atoms with E-state index in [4.69, 9.17) is 18.9 Å². The van der Waals surface area contributed by atoms with Crippen molar-refractivity contribution in [3.8, 4) is 17.2 Å². The molecule has 0 aliphatic rings. The number of carbonyl (C=O) groups is 1. The molecule has 10 nitrogen and oxygen atoms in total. The first-order chi connectivity index (χ1) is 16.9. The number of anilines is 1. The Hall–Kier alpha value is -3.60. The minimum absolute atomic E-state index is 0.0192. The third-order valence-corrected chi connectivity index (χ3v) is 7.17. The maximum absolute atomic E-state index is 13.9. The molecule has 3 aromatic rings. The maximum Gasteiger partial charge on any atom is 0.407 e. The third-order valence-electron chi connectivity index (χ3n) is 5.37. The van der Waals surface area contributed by atoms with Gasteiger partial charge in [0.1, 0.15) is 5.60 Å². The van der Waals surface area contributed by atoms with Gasteiger partial charge in [-0.3, -0.25) is 4.31 Å². The molecule has 0 fully saturated rings. The predicted molar refractivity (Wildman–Crippen MR) is 138 cm³/mol. The Morgan fingerprint density at radius 1 is 1.00 bits per heavy atom. The molecule has 0 unspecified atom stereocenters. The summed E-state index contributed by atoms with van der Waals surface area (Å²) in [4.78, 5) is 12.1. The molecule has 0 spiro atoms. The van der Waals surface area contributed by atoms with Crippen LogP contribution in [0.4, 0.5) is 10.5 Å². The van der Waals surface area contributed by atoms with Crippen molar-refractivity contribution in [1.29, 1.82) is 0 Å². The van der Waals surface area contributed by atoms with Crippen LogP contribution in [0.1, 0.15) is 20.8 Å². The van der Waals surface area contributed by atoms with Crippen molar-refractivity contribution in [2.75, 3.05) is 38.7 Å². The van der Waals surface area contributed by atoms with E-state index < -0.39 is 21.7 Å². The minimum atomic E-state index is -4.12. The van der Waals surface area contributed by atoms with Crippen LogP contribution in [0.2, 0.25) is 0 Å². The smallest absolute Gasteiger partial charge is 0.407 e. The third kappa shape index (κ3) is 5.78. The van der Waals surface area contributed by atoms with Crippen LogP contribution in [0.25, 0.3) is 10.9 Å². The second-order valence-electron chi connectivity index (χ2n) is 9.04. The van der Waals surface area contributed by atoms with E-state index in [1.54, 1.807) is 32.9 Å². The van der Waals surface area contributed by atoms with Gasteiger partial charge in [-0.2, -0.15) is 0 Å². The van der Waals surface area contributed by atoms with Gasteiger partial charge in [0.2, 0.25) is 5.75 Å². The molecule has 3 rings (SSSR count). The van der Waals surface area contributed by atoms with Crippen molar-refractivity contribution in [3.05, 3.63) is 42.6 Å². The normalized spacial score (nSPS) is 11.8. The highest BCUT2D eigenvalue weighted by molar-refractivity contribution is 7.92. The highest BCUT2D eigenvalue weighted by Gasteiger charge is 2.29. The van der Waals surface area contributed by atoms with E-state index in [-0.39, 0.29) is 35.2 Å². The van der Waals surface area contributed by atoms with Gasteiger partial charge in [-0.05, 0) is 45.0 Å². The van der Waals surface area contributed by atoms with Crippen LogP contribution in [0.3, 0.4) is 0 Å². The summed E-state index contributed by atoms with van der Waals surface area (Å²) in [6.45, 7) is 5.23. The average Bonchev–Trinajstić information content (AvgIpc) is 3.19. The number of hydrogen-bond acceptors (Lipinski definition) is 7.